The maximum atomic E-state index is 11.9. The Morgan fingerprint density at radius 2 is 2.05 bits per heavy atom. The summed E-state index contributed by atoms with van der Waals surface area (Å²) in [6, 6.07) is 13.8. The minimum absolute atomic E-state index is 0.0129. The van der Waals surface area contributed by atoms with Crippen LogP contribution in [0.1, 0.15) is 18.5 Å². The number of fused-ring (bicyclic) bond motifs is 1. The Balaban J connectivity index is 2.05. The average molecular weight is 346 g/mol. The number of hydrogen-bond donors (Lipinski definition) is 2. The van der Waals surface area contributed by atoms with Gasteiger partial charge < -0.3 is 16.0 Å². The molecule has 2 aromatic rings. The first-order valence-corrected chi connectivity index (χ1v) is 7.57. The molecule has 1 heterocycles. The van der Waals surface area contributed by atoms with Gasteiger partial charge in [0.2, 0.25) is 5.91 Å². The van der Waals surface area contributed by atoms with Gasteiger partial charge in [0.05, 0.1) is 11.4 Å². The number of benzene rings is 2. The number of carbonyl (C=O) groups excluding carboxylic acids is 1. The first-order valence-electron chi connectivity index (χ1n) is 6.77. The smallest absolute Gasteiger partial charge is 0.244 e. The van der Waals surface area contributed by atoms with Crippen LogP contribution >= 0.6 is 15.9 Å². The monoisotopic (exact) mass is 345 g/mol. The maximum absolute atomic E-state index is 11.9. The van der Waals surface area contributed by atoms with Crippen molar-refractivity contribution in [1.29, 1.82) is 0 Å². The summed E-state index contributed by atoms with van der Waals surface area (Å²) < 4.78 is 0.957. The van der Waals surface area contributed by atoms with Crippen LogP contribution in [-0.4, -0.2) is 12.5 Å². The molecule has 1 aliphatic heterocycles. The molecule has 0 fully saturated rings. The molecule has 1 amide bonds. The Hall–Kier alpha value is -1.85. The summed E-state index contributed by atoms with van der Waals surface area (Å²) in [5, 5.41) is 2.89. The molecule has 0 aromatic heterocycles. The molecule has 4 nitrogen and oxygen atoms in total. The van der Waals surface area contributed by atoms with Crippen molar-refractivity contribution in [3.8, 4) is 0 Å². The third kappa shape index (κ3) is 2.66. The Morgan fingerprint density at radius 3 is 2.76 bits per heavy atom. The van der Waals surface area contributed by atoms with Gasteiger partial charge in [0, 0.05) is 16.2 Å². The normalized spacial score (nSPS) is 15.4. The van der Waals surface area contributed by atoms with Gasteiger partial charge in [0.25, 0.3) is 0 Å². The van der Waals surface area contributed by atoms with Gasteiger partial charge in [-0.3, -0.25) is 4.79 Å². The van der Waals surface area contributed by atoms with E-state index < -0.39 is 0 Å². The highest BCUT2D eigenvalue weighted by Gasteiger charge is 2.23. The SMILES string of the molecule is C[C@@H](N)c1ccc(N2CC(=O)Nc3ccccc32)cc1Br. The van der Waals surface area contributed by atoms with E-state index in [0.29, 0.717) is 6.54 Å². The molecule has 0 saturated carbocycles. The second kappa shape index (κ2) is 5.50. The van der Waals surface area contributed by atoms with E-state index in [1.54, 1.807) is 0 Å². The lowest BCUT2D eigenvalue weighted by Crippen LogP contribution is -2.35. The zero-order valence-electron chi connectivity index (χ0n) is 11.6. The van der Waals surface area contributed by atoms with Gasteiger partial charge in [-0.05, 0) is 36.8 Å². The van der Waals surface area contributed by atoms with Gasteiger partial charge >= 0.3 is 0 Å². The van der Waals surface area contributed by atoms with E-state index in [9.17, 15) is 4.79 Å². The Kier molecular flexibility index (Phi) is 3.69. The van der Waals surface area contributed by atoms with Crippen LogP contribution in [0.25, 0.3) is 0 Å². The Morgan fingerprint density at radius 1 is 1.29 bits per heavy atom. The minimum Gasteiger partial charge on any atom is -0.330 e. The predicted octanol–water partition coefficient (Wildman–Crippen LogP) is 3.56. The number of carbonyl (C=O) groups is 1. The van der Waals surface area contributed by atoms with Gasteiger partial charge in [-0.25, -0.2) is 0 Å². The molecule has 0 radical (unpaired) electrons. The van der Waals surface area contributed by atoms with Crippen LogP contribution in [0, 0.1) is 0 Å². The van der Waals surface area contributed by atoms with Gasteiger partial charge in [-0.1, -0.05) is 34.1 Å². The van der Waals surface area contributed by atoms with Crippen LogP contribution in [0.3, 0.4) is 0 Å². The van der Waals surface area contributed by atoms with Crippen LogP contribution in [0.4, 0.5) is 17.1 Å². The fourth-order valence-electron chi connectivity index (χ4n) is 2.52. The summed E-state index contributed by atoms with van der Waals surface area (Å²) in [6.07, 6.45) is 0. The number of hydrogen-bond acceptors (Lipinski definition) is 3. The maximum Gasteiger partial charge on any atom is 0.244 e. The van der Waals surface area contributed by atoms with E-state index >= 15 is 0 Å². The zero-order valence-corrected chi connectivity index (χ0v) is 13.2. The highest BCUT2D eigenvalue weighted by atomic mass is 79.9. The van der Waals surface area contributed by atoms with Crippen LogP contribution in [0.5, 0.6) is 0 Å². The number of nitrogens with one attached hydrogen (secondary N) is 1. The second-order valence-electron chi connectivity index (χ2n) is 5.15. The first-order chi connectivity index (χ1) is 10.1. The van der Waals surface area contributed by atoms with E-state index in [2.05, 4.69) is 21.2 Å². The van der Waals surface area contributed by atoms with E-state index in [-0.39, 0.29) is 11.9 Å². The van der Waals surface area contributed by atoms with Gasteiger partial charge in [0.15, 0.2) is 0 Å². The predicted molar refractivity (Wildman–Crippen MR) is 88.8 cm³/mol. The summed E-state index contributed by atoms with van der Waals surface area (Å²) in [7, 11) is 0. The van der Waals surface area contributed by atoms with E-state index in [1.807, 2.05) is 54.3 Å². The lowest BCUT2D eigenvalue weighted by Gasteiger charge is -2.31. The lowest BCUT2D eigenvalue weighted by molar-refractivity contribution is -0.115. The average Bonchev–Trinajstić information content (AvgIpc) is 2.45. The molecular formula is C16H16BrN3O. The standard InChI is InChI=1S/C16H16BrN3O/c1-10(18)12-7-6-11(8-13(12)17)20-9-16(21)19-14-4-2-3-5-15(14)20/h2-8,10H,9,18H2,1H3,(H,19,21)/t10-/m1/s1. The molecule has 0 aliphatic carbocycles. The lowest BCUT2D eigenvalue weighted by atomic mass is 10.1. The first kappa shape index (κ1) is 14.1. The summed E-state index contributed by atoms with van der Waals surface area (Å²) >= 11 is 3.56. The summed E-state index contributed by atoms with van der Waals surface area (Å²) in [6.45, 7) is 2.25. The minimum atomic E-state index is -0.0367. The summed E-state index contributed by atoms with van der Waals surface area (Å²) in [4.78, 5) is 13.9. The number of halogens is 1. The van der Waals surface area contributed by atoms with E-state index in [0.717, 1.165) is 27.1 Å². The molecule has 0 spiro atoms. The fraction of sp³-hybridized carbons (Fsp3) is 0.188. The third-order valence-electron chi connectivity index (χ3n) is 3.56. The molecule has 0 unspecified atom stereocenters. The van der Waals surface area contributed by atoms with Crippen LogP contribution < -0.4 is 16.0 Å². The zero-order chi connectivity index (χ0) is 15.0. The molecule has 1 aliphatic rings. The van der Waals surface area contributed by atoms with Crippen molar-refractivity contribution >= 4 is 38.9 Å². The molecular weight excluding hydrogens is 330 g/mol. The molecule has 0 saturated heterocycles. The number of anilines is 3. The van der Waals surface area contributed by atoms with Crippen molar-refractivity contribution in [2.24, 2.45) is 5.73 Å². The molecule has 0 bridgehead atoms. The number of nitrogens with zero attached hydrogens (tertiary/aromatic N) is 1. The number of rotatable bonds is 2. The molecule has 108 valence electrons. The molecule has 2 aromatic carbocycles. The van der Waals surface area contributed by atoms with Crippen molar-refractivity contribution in [2.45, 2.75) is 13.0 Å². The second-order valence-corrected chi connectivity index (χ2v) is 6.00. The largest absolute Gasteiger partial charge is 0.330 e. The highest BCUT2D eigenvalue weighted by Crippen LogP contribution is 2.36. The summed E-state index contributed by atoms with van der Waals surface area (Å²) in [5.74, 6) is -0.0129. The van der Waals surface area contributed by atoms with Crippen molar-refractivity contribution in [3.05, 3.63) is 52.5 Å². The van der Waals surface area contributed by atoms with Crippen LogP contribution in [-0.2, 0) is 4.79 Å². The van der Waals surface area contributed by atoms with Gasteiger partial charge in [0.1, 0.15) is 6.54 Å². The van der Waals surface area contributed by atoms with Crippen molar-refractivity contribution in [2.75, 3.05) is 16.8 Å². The van der Waals surface area contributed by atoms with Gasteiger partial charge in [-0.2, -0.15) is 0 Å². The number of para-hydroxylation sites is 2. The van der Waals surface area contributed by atoms with Crippen molar-refractivity contribution in [1.82, 2.24) is 0 Å². The van der Waals surface area contributed by atoms with Crippen LogP contribution in [0.2, 0.25) is 0 Å². The molecule has 3 N–H and O–H groups in total. The number of nitrogens with two attached hydrogens (primary N) is 1. The van der Waals surface area contributed by atoms with Crippen molar-refractivity contribution in [3.63, 3.8) is 0 Å². The Bertz CT molecular complexity index is 700. The van der Waals surface area contributed by atoms with Crippen molar-refractivity contribution < 1.29 is 4.79 Å². The summed E-state index contributed by atoms with van der Waals surface area (Å²) in [5.41, 5.74) is 9.78. The quantitative estimate of drug-likeness (QED) is 0.874. The van der Waals surface area contributed by atoms with Crippen LogP contribution in [0.15, 0.2) is 46.9 Å². The number of amides is 1. The molecule has 3 rings (SSSR count). The third-order valence-corrected chi connectivity index (χ3v) is 4.24. The molecule has 1 atom stereocenters. The molecule has 21 heavy (non-hydrogen) atoms. The van der Waals surface area contributed by atoms with E-state index in [4.69, 9.17) is 5.73 Å². The Labute approximate surface area is 132 Å². The highest BCUT2D eigenvalue weighted by molar-refractivity contribution is 9.10. The van der Waals surface area contributed by atoms with E-state index in [1.165, 1.54) is 0 Å². The van der Waals surface area contributed by atoms with Gasteiger partial charge in [-0.15, -0.1) is 0 Å². The topological polar surface area (TPSA) is 58.4 Å². The fourth-order valence-corrected chi connectivity index (χ4v) is 3.24. The molecule has 5 heteroatoms.